The van der Waals surface area contributed by atoms with Gasteiger partial charge in [-0.15, -0.1) is 0 Å². The summed E-state index contributed by atoms with van der Waals surface area (Å²) >= 11 is 0. The van der Waals surface area contributed by atoms with Crippen LogP contribution in [-0.4, -0.2) is 9.13 Å². The van der Waals surface area contributed by atoms with E-state index in [-0.39, 0.29) is 0 Å². The van der Waals surface area contributed by atoms with Crippen LogP contribution in [0, 0.1) is 6.92 Å². The summed E-state index contributed by atoms with van der Waals surface area (Å²) in [5.41, 5.74) is 16.9. The van der Waals surface area contributed by atoms with Crippen molar-refractivity contribution < 1.29 is 0 Å². The minimum Gasteiger partial charge on any atom is -0.397 e. The molecule has 0 aliphatic rings. The predicted molar refractivity (Wildman–Crippen MR) is 207 cm³/mol. The smallest absolute Gasteiger partial charge is 0.0788 e. The molecule has 8 rings (SSSR count). The highest BCUT2D eigenvalue weighted by Crippen LogP contribution is 2.41. The minimum absolute atomic E-state index is 0.728. The maximum absolute atomic E-state index is 5.81. The van der Waals surface area contributed by atoms with Gasteiger partial charge in [0.15, 0.2) is 0 Å². The highest BCUT2D eigenvalue weighted by Gasteiger charge is 2.20. The van der Waals surface area contributed by atoms with Crippen LogP contribution in [0.3, 0.4) is 0 Å². The van der Waals surface area contributed by atoms with Crippen molar-refractivity contribution in [3.63, 3.8) is 0 Å². The molecule has 3 N–H and O–H groups in total. The second-order valence-corrected chi connectivity index (χ2v) is 11.8. The van der Waals surface area contributed by atoms with E-state index < -0.39 is 0 Å². The molecule has 0 amide bonds. The zero-order valence-corrected chi connectivity index (χ0v) is 27.3. The van der Waals surface area contributed by atoms with Gasteiger partial charge in [-0.3, -0.25) is 0 Å². The number of anilines is 2. The van der Waals surface area contributed by atoms with E-state index in [2.05, 4.69) is 143 Å². The Bertz CT molecular complexity index is 2470. The Kier molecular flexibility index (Phi) is 8.38. The van der Waals surface area contributed by atoms with Crippen LogP contribution in [0.1, 0.15) is 12.5 Å². The van der Waals surface area contributed by atoms with Gasteiger partial charge >= 0.3 is 0 Å². The van der Waals surface area contributed by atoms with Gasteiger partial charge < -0.3 is 20.2 Å². The number of hydrogen-bond donors (Lipinski definition) is 2. The van der Waals surface area contributed by atoms with Gasteiger partial charge in [-0.2, -0.15) is 0 Å². The topological polar surface area (TPSA) is 47.9 Å². The average molecular weight is 623 g/mol. The molecule has 4 nitrogen and oxygen atoms in total. The van der Waals surface area contributed by atoms with Gasteiger partial charge in [0.25, 0.3) is 0 Å². The van der Waals surface area contributed by atoms with Gasteiger partial charge in [0.1, 0.15) is 0 Å². The minimum atomic E-state index is 0.728. The standard InChI is InChI=1S/C31H22N2.C13H16N2/c1-21-10-9-13-23(20-21)33-29-17-8-6-15-25(29)27-19-18-26-24-14-5-7-16-28(24)32(30(26)31(27)33)22-11-3-2-4-12-22;1-3-5-8-11(4-2)15-13-10-7-6-9-12(13)14/h2-20H,1H3;3-10,15H,2,14H2,1H3/b;5-3-,11-8+. The van der Waals surface area contributed by atoms with Gasteiger partial charge in [-0.25, -0.2) is 0 Å². The Labute approximate surface area is 281 Å². The lowest BCUT2D eigenvalue weighted by Crippen LogP contribution is -1.99. The van der Waals surface area contributed by atoms with Crippen LogP contribution < -0.4 is 11.1 Å². The van der Waals surface area contributed by atoms with Crippen LogP contribution in [0.25, 0.3) is 55.0 Å². The SMILES string of the molecule is C=C/C(=C\C=C/C)Nc1ccccc1N.Cc1cccc(-n2c3ccccc3c3ccc4c5ccccc5n(-c5ccccc5)c4c32)c1. The quantitative estimate of drug-likeness (QED) is 0.143. The third-order valence-electron chi connectivity index (χ3n) is 8.67. The summed E-state index contributed by atoms with van der Waals surface area (Å²) in [5.74, 6) is 0. The number of hydrogen-bond acceptors (Lipinski definition) is 2. The van der Waals surface area contributed by atoms with Crippen molar-refractivity contribution in [3.8, 4) is 11.4 Å². The number of para-hydroxylation sites is 5. The number of nitrogens with one attached hydrogen (secondary N) is 1. The van der Waals surface area contributed by atoms with E-state index in [1.165, 1.54) is 60.5 Å². The molecular weight excluding hydrogens is 585 g/mol. The van der Waals surface area contributed by atoms with E-state index in [0.29, 0.717) is 0 Å². The van der Waals surface area contributed by atoms with Gasteiger partial charge in [0.05, 0.1) is 33.4 Å². The molecule has 0 unspecified atom stereocenters. The summed E-state index contributed by atoms with van der Waals surface area (Å²) < 4.78 is 4.87. The average Bonchev–Trinajstić information content (AvgIpc) is 3.65. The maximum atomic E-state index is 5.81. The van der Waals surface area contributed by atoms with Crippen molar-refractivity contribution in [2.24, 2.45) is 0 Å². The summed E-state index contributed by atoms with van der Waals surface area (Å²) in [6.45, 7) is 7.86. The van der Waals surface area contributed by atoms with Crippen molar-refractivity contribution in [2.75, 3.05) is 11.1 Å². The molecule has 234 valence electrons. The predicted octanol–water partition coefficient (Wildman–Crippen LogP) is 11.5. The van der Waals surface area contributed by atoms with Crippen LogP contribution in [0.15, 0.2) is 176 Å². The Morgan fingerprint density at radius 1 is 0.625 bits per heavy atom. The molecule has 0 radical (unpaired) electrons. The molecule has 48 heavy (non-hydrogen) atoms. The lowest BCUT2D eigenvalue weighted by Gasteiger charge is -2.12. The fourth-order valence-corrected chi connectivity index (χ4v) is 6.51. The number of aryl methyl sites for hydroxylation is 1. The third-order valence-corrected chi connectivity index (χ3v) is 8.67. The normalized spacial score (nSPS) is 11.8. The zero-order chi connectivity index (χ0) is 33.0. The van der Waals surface area contributed by atoms with Gasteiger partial charge in [-0.05, 0) is 80.1 Å². The van der Waals surface area contributed by atoms with E-state index in [1.54, 1.807) is 6.08 Å². The van der Waals surface area contributed by atoms with Gasteiger partial charge in [0, 0.05) is 38.6 Å². The van der Waals surface area contributed by atoms with Crippen molar-refractivity contribution >= 4 is 55.0 Å². The van der Waals surface area contributed by atoms with Crippen molar-refractivity contribution in [1.82, 2.24) is 9.13 Å². The van der Waals surface area contributed by atoms with Crippen LogP contribution in [0.4, 0.5) is 11.4 Å². The molecular formula is C44H38N4. The number of allylic oxidation sites excluding steroid dienone is 4. The molecule has 0 aliphatic heterocycles. The maximum Gasteiger partial charge on any atom is 0.0788 e. The van der Waals surface area contributed by atoms with Crippen LogP contribution in [-0.2, 0) is 0 Å². The molecule has 2 heterocycles. The number of nitrogens with zero attached hydrogens (tertiary/aromatic N) is 2. The first-order valence-corrected chi connectivity index (χ1v) is 16.2. The molecule has 0 saturated carbocycles. The summed E-state index contributed by atoms with van der Waals surface area (Å²) in [4.78, 5) is 0. The Morgan fingerprint density at radius 3 is 1.79 bits per heavy atom. The third kappa shape index (κ3) is 5.54. The number of nitrogen functional groups attached to an aromatic ring is 1. The lowest BCUT2D eigenvalue weighted by atomic mass is 10.1. The molecule has 4 heteroatoms. The largest absolute Gasteiger partial charge is 0.397 e. The Balaban J connectivity index is 0.000000206. The van der Waals surface area contributed by atoms with E-state index in [1.807, 2.05) is 49.4 Å². The number of nitrogens with two attached hydrogens (primary N) is 1. The van der Waals surface area contributed by atoms with Crippen molar-refractivity contribution in [1.29, 1.82) is 0 Å². The first kappa shape index (κ1) is 30.4. The lowest BCUT2D eigenvalue weighted by molar-refractivity contribution is 1.14. The molecule has 8 aromatic rings. The van der Waals surface area contributed by atoms with Crippen LogP contribution in [0.2, 0.25) is 0 Å². The number of aromatic nitrogens is 2. The van der Waals surface area contributed by atoms with E-state index in [9.17, 15) is 0 Å². The van der Waals surface area contributed by atoms with E-state index >= 15 is 0 Å². The Morgan fingerprint density at radius 2 is 1.19 bits per heavy atom. The van der Waals surface area contributed by atoms with E-state index in [4.69, 9.17) is 5.73 Å². The zero-order valence-electron chi connectivity index (χ0n) is 27.3. The summed E-state index contributed by atoms with van der Waals surface area (Å²) in [6.07, 6.45) is 7.61. The van der Waals surface area contributed by atoms with Gasteiger partial charge in [-0.1, -0.05) is 110 Å². The summed E-state index contributed by atoms with van der Waals surface area (Å²) in [5, 5.41) is 8.31. The first-order valence-electron chi connectivity index (χ1n) is 16.2. The fraction of sp³-hybridized carbons (Fsp3) is 0.0455. The summed E-state index contributed by atoms with van der Waals surface area (Å²) in [7, 11) is 0. The molecule has 6 aromatic carbocycles. The monoisotopic (exact) mass is 622 g/mol. The van der Waals surface area contributed by atoms with Crippen LogP contribution in [0.5, 0.6) is 0 Å². The summed E-state index contributed by atoms with van der Waals surface area (Å²) in [6, 6.07) is 49.2. The molecule has 0 atom stereocenters. The van der Waals surface area contributed by atoms with Crippen molar-refractivity contribution in [3.05, 3.63) is 182 Å². The van der Waals surface area contributed by atoms with Crippen LogP contribution >= 0.6 is 0 Å². The number of rotatable bonds is 6. The molecule has 0 spiro atoms. The van der Waals surface area contributed by atoms with Gasteiger partial charge in [0.2, 0.25) is 0 Å². The first-order chi connectivity index (χ1) is 23.6. The van der Waals surface area contributed by atoms with E-state index in [0.717, 1.165) is 17.1 Å². The molecule has 0 saturated heterocycles. The molecule has 0 fully saturated rings. The highest BCUT2D eigenvalue weighted by molar-refractivity contribution is 6.23. The molecule has 2 aromatic heterocycles. The number of benzene rings is 6. The Hall–Kier alpha value is -6.26. The van der Waals surface area contributed by atoms with Crippen molar-refractivity contribution in [2.45, 2.75) is 13.8 Å². The molecule has 0 aliphatic carbocycles. The fourth-order valence-electron chi connectivity index (χ4n) is 6.51. The number of fused-ring (bicyclic) bond motifs is 7. The highest BCUT2D eigenvalue weighted by atomic mass is 15.0. The second kappa shape index (κ2) is 13.2. The molecule has 0 bridgehead atoms. The second-order valence-electron chi connectivity index (χ2n) is 11.8.